The molecule has 0 saturated carbocycles. The minimum Gasteiger partial charge on any atom is -0.342 e. The number of carbonyl (C=O) groups excluding carboxylic acids is 1. The first-order valence-electron chi connectivity index (χ1n) is 7.92. The Balaban J connectivity index is 0.00000110. The molecule has 1 N–H and O–H groups in total. The van der Waals surface area contributed by atoms with Crippen LogP contribution in [-0.4, -0.2) is 62.0 Å². The summed E-state index contributed by atoms with van der Waals surface area (Å²) < 4.78 is 0. The van der Waals surface area contributed by atoms with Gasteiger partial charge in [-0.3, -0.25) is 4.79 Å². The van der Waals surface area contributed by atoms with Gasteiger partial charge in [-0.25, -0.2) is 0 Å². The fourth-order valence-corrected chi connectivity index (χ4v) is 3.95. The van der Waals surface area contributed by atoms with E-state index in [1.807, 2.05) is 0 Å². The Morgan fingerprint density at radius 3 is 1.95 bits per heavy atom. The minimum absolute atomic E-state index is 0. The standard InChI is InChI=1S/C15H27N3O.2ClH/c1-17-6-2-12(3-7-17)15(19)18-8-4-13-10-16-11-14(13)5-9-18;;/h12-14,16H,2-11H2,1H3;2*1H/t13-,14+;;. The van der Waals surface area contributed by atoms with Gasteiger partial charge >= 0.3 is 0 Å². The third-order valence-electron chi connectivity index (χ3n) is 5.40. The van der Waals surface area contributed by atoms with Gasteiger partial charge in [0, 0.05) is 19.0 Å². The van der Waals surface area contributed by atoms with E-state index in [0.29, 0.717) is 11.8 Å². The Hall–Kier alpha value is -0.0300. The van der Waals surface area contributed by atoms with Crippen molar-refractivity contribution < 1.29 is 4.79 Å². The van der Waals surface area contributed by atoms with Crippen LogP contribution >= 0.6 is 24.8 Å². The van der Waals surface area contributed by atoms with Gasteiger partial charge in [0.1, 0.15) is 0 Å². The molecule has 0 bridgehead atoms. The van der Waals surface area contributed by atoms with Crippen LogP contribution in [0.15, 0.2) is 0 Å². The van der Waals surface area contributed by atoms with Crippen molar-refractivity contribution in [1.29, 1.82) is 0 Å². The highest BCUT2D eigenvalue weighted by Crippen LogP contribution is 2.28. The Labute approximate surface area is 140 Å². The normalized spacial score (nSPS) is 30.8. The van der Waals surface area contributed by atoms with E-state index in [9.17, 15) is 4.79 Å². The molecule has 3 saturated heterocycles. The Kier molecular flexibility index (Phi) is 7.75. The summed E-state index contributed by atoms with van der Waals surface area (Å²) in [5.74, 6) is 2.37. The molecule has 1 amide bonds. The van der Waals surface area contributed by atoms with Crippen LogP contribution in [0.5, 0.6) is 0 Å². The van der Waals surface area contributed by atoms with Crippen molar-refractivity contribution >= 4 is 30.7 Å². The number of piperidine rings is 1. The van der Waals surface area contributed by atoms with Crippen molar-refractivity contribution in [2.24, 2.45) is 17.8 Å². The van der Waals surface area contributed by atoms with Crippen LogP contribution < -0.4 is 5.32 Å². The third-order valence-corrected chi connectivity index (χ3v) is 5.40. The van der Waals surface area contributed by atoms with Gasteiger partial charge in [0.05, 0.1) is 0 Å². The summed E-state index contributed by atoms with van der Waals surface area (Å²) in [4.78, 5) is 17.1. The van der Waals surface area contributed by atoms with Gasteiger partial charge in [0.2, 0.25) is 5.91 Å². The molecule has 0 unspecified atom stereocenters. The first kappa shape index (κ1) is 19.0. The summed E-state index contributed by atoms with van der Waals surface area (Å²) in [6, 6.07) is 0. The highest BCUT2D eigenvalue weighted by molar-refractivity contribution is 5.85. The maximum atomic E-state index is 12.6. The lowest BCUT2D eigenvalue weighted by atomic mass is 9.92. The van der Waals surface area contributed by atoms with Crippen molar-refractivity contribution in [3.05, 3.63) is 0 Å². The van der Waals surface area contributed by atoms with Gasteiger partial charge in [0.15, 0.2) is 0 Å². The molecule has 6 heteroatoms. The lowest BCUT2D eigenvalue weighted by molar-refractivity contribution is -0.137. The minimum atomic E-state index is 0. The molecule has 2 atom stereocenters. The number of carbonyl (C=O) groups is 1. The van der Waals surface area contributed by atoms with E-state index >= 15 is 0 Å². The van der Waals surface area contributed by atoms with Crippen LogP contribution in [0.1, 0.15) is 25.7 Å². The fraction of sp³-hybridized carbons (Fsp3) is 0.933. The number of nitrogens with zero attached hydrogens (tertiary/aromatic N) is 2. The molecule has 0 aromatic rings. The molecular formula is C15H29Cl2N3O. The quantitative estimate of drug-likeness (QED) is 0.789. The number of fused-ring (bicyclic) bond motifs is 1. The van der Waals surface area contributed by atoms with Gasteiger partial charge in [-0.1, -0.05) is 0 Å². The molecule has 0 aromatic carbocycles. The molecule has 3 aliphatic rings. The summed E-state index contributed by atoms with van der Waals surface area (Å²) in [7, 11) is 2.15. The predicted molar refractivity (Wildman–Crippen MR) is 90.4 cm³/mol. The van der Waals surface area contributed by atoms with E-state index in [1.54, 1.807) is 0 Å². The Morgan fingerprint density at radius 1 is 0.905 bits per heavy atom. The van der Waals surface area contributed by atoms with Crippen molar-refractivity contribution in [3.63, 3.8) is 0 Å². The molecule has 0 radical (unpaired) electrons. The monoisotopic (exact) mass is 337 g/mol. The van der Waals surface area contributed by atoms with E-state index in [4.69, 9.17) is 0 Å². The van der Waals surface area contributed by atoms with Crippen molar-refractivity contribution in [1.82, 2.24) is 15.1 Å². The predicted octanol–water partition coefficient (Wildman–Crippen LogP) is 1.63. The van der Waals surface area contributed by atoms with Crippen LogP contribution in [-0.2, 0) is 4.79 Å². The zero-order valence-electron chi connectivity index (χ0n) is 12.9. The van der Waals surface area contributed by atoms with Crippen molar-refractivity contribution in [2.75, 3.05) is 46.3 Å². The van der Waals surface area contributed by atoms with Gasteiger partial charge < -0.3 is 15.1 Å². The molecular weight excluding hydrogens is 309 g/mol. The van der Waals surface area contributed by atoms with Crippen LogP contribution in [0.25, 0.3) is 0 Å². The summed E-state index contributed by atoms with van der Waals surface area (Å²) in [6.45, 7) is 6.49. The van der Waals surface area contributed by atoms with Crippen LogP contribution in [0.3, 0.4) is 0 Å². The second kappa shape index (κ2) is 8.56. The van der Waals surface area contributed by atoms with Gasteiger partial charge in [-0.2, -0.15) is 0 Å². The fourth-order valence-electron chi connectivity index (χ4n) is 3.95. The summed E-state index contributed by atoms with van der Waals surface area (Å²) in [6.07, 6.45) is 4.52. The van der Waals surface area contributed by atoms with Crippen molar-refractivity contribution in [2.45, 2.75) is 25.7 Å². The van der Waals surface area contributed by atoms with Crippen LogP contribution in [0, 0.1) is 17.8 Å². The average Bonchev–Trinajstić information content (AvgIpc) is 2.78. The molecule has 3 aliphatic heterocycles. The number of hydrogen-bond acceptors (Lipinski definition) is 3. The molecule has 0 aromatic heterocycles. The largest absolute Gasteiger partial charge is 0.342 e. The summed E-state index contributed by atoms with van der Waals surface area (Å²) >= 11 is 0. The molecule has 21 heavy (non-hydrogen) atoms. The first-order valence-corrected chi connectivity index (χ1v) is 7.92. The van der Waals surface area contributed by atoms with E-state index in [1.165, 1.54) is 25.9 Å². The van der Waals surface area contributed by atoms with Crippen molar-refractivity contribution in [3.8, 4) is 0 Å². The molecule has 3 fully saturated rings. The highest BCUT2D eigenvalue weighted by Gasteiger charge is 2.33. The Bertz CT molecular complexity index is 321. The zero-order valence-corrected chi connectivity index (χ0v) is 14.6. The second-order valence-electron chi connectivity index (χ2n) is 6.66. The number of amides is 1. The van der Waals surface area contributed by atoms with E-state index in [0.717, 1.165) is 50.9 Å². The van der Waals surface area contributed by atoms with Gasteiger partial charge in [0.25, 0.3) is 0 Å². The van der Waals surface area contributed by atoms with E-state index < -0.39 is 0 Å². The number of nitrogens with one attached hydrogen (secondary N) is 1. The molecule has 0 spiro atoms. The summed E-state index contributed by atoms with van der Waals surface area (Å²) in [5.41, 5.74) is 0. The number of rotatable bonds is 1. The number of likely N-dealkylation sites (tertiary alicyclic amines) is 2. The number of hydrogen-bond donors (Lipinski definition) is 1. The van der Waals surface area contributed by atoms with Gasteiger partial charge in [-0.05, 0) is 70.7 Å². The third kappa shape index (κ3) is 4.47. The van der Waals surface area contributed by atoms with E-state index in [2.05, 4.69) is 22.2 Å². The Morgan fingerprint density at radius 2 is 1.43 bits per heavy atom. The zero-order chi connectivity index (χ0) is 13.2. The second-order valence-corrected chi connectivity index (χ2v) is 6.66. The SMILES string of the molecule is CN1CCC(C(=O)N2CC[C@@H]3CNC[C@@H]3CC2)CC1.Cl.Cl. The molecule has 4 nitrogen and oxygen atoms in total. The maximum absolute atomic E-state index is 12.6. The van der Waals surface area contributed by atoms with E-state index in [-0.39, 0.29) is 24.8 Å². The maximum Gasteiger partial charge on any atom is 0.225 e. The number of halogens is 2. The van der Waals surface area contributed by atoms with Crippen LogP contribution in [0.2, 0.25) is 0 Å². The lowest BCUT2D eigenvalue weighted by Crippen LogP contribution is -2.42. The highest BCUT2D eigenvalue weighted by atomic mass is 35.5. The molecule has 124 valence electrons. The molecule has 3 heterocycles. The molecule has 3 rings (SSSR count). The summed E-state index contributed by atoms with van der Waals surface area (Å²) in [5, 5.41) is 3.50. The lowest BCUT2D eigenvalue weighted by Gasteiger charge is -2.32. The average molecular weight is 338 g/mol. The smallest absolute Gasteiger partial charge is 0.225 e. The topological polar surface area (TPSA) is 35.6 Å². The van der Waals surface area contributed by atoms with Gasteiger partial charge in [-0.15, -0.1) is 24.8 Å². The molecule has 0 aliphatic carbocycles. The first-order chi connectivity index (χ1) is 9.24. The van der Waals surface area contributed by atoms with Crippen LogP contribution in [0.4, 0.5) is 0 Å².